The fourth-order valence-corrected chi connectivity index (χ4v) is 4.80. The number of hydrogen-bond acceptors (Lipinski definition) is 10. The third-order valence-corrected chi connectivity index (χ3v) is 6.30. The van der Waals surface area contributed by atoms with E-state index in [4.69, 9.17) is 10.5 Å². The maximum atomic E-state index is 12.6. The van der Waals surface area contributed by atoms with Crippen molar-refractivity contribution >= 4 is 49.9 Å². The topological polar surface area (TPSA) is 159 Å². The first-order valence-electron chi connectivity index (χ1n) is 10.3. The zero-order valence-corrected chi connectivity index (χ0v) is 19.3. The van der Waals surface area contributed by atoms with Crippen molar-refractivity contribution in [3.05, 3.63) is 42.0 Å². The summed E-state index contributed by atoms with van der Waals surface area (Å²) in [7, 11) is 1.55. The molecule has 3 aromatic rings. The van der Waals surface area contributed by atoms with Gasteiger partial charge in [-0.2, -0.15) is 0 Å². The number of thiazole rings is 1. The van der Waals surface area contributed by atoms with Gasteiger partial charge in [0.15, 0.2) is 11.2 Å². The average molecular weight is 527 g/mol. The van der Waals surface area contributed by atoms with Gasteiger partial charge in [-0.1, -0.05) is 11.3 Å². The van der Waals surface area contributed by atoms with Crippen LogP contribution in [0.3, 0.4) is 0 Å². The van der Waals surface area contributed by atoms with Crippen LogP contribution in [0.2, 0.25) is 0 Å². The third-order valence-electron chi connectivity index (χ3n) is 5.36. The van der Waals surface area contributed by atoms with Crippen molar-refractivity contribution < 1.29 is 42.4 Å². The summed E-state index contributed by atoms with van der Waals surface area (Å²) in [5.74, 6) is -4.14. The number of carbonyl (C=O) groups excluding carboxylic acids is 1. The van der Waals surface area contributed by atoms with Gasteiger partial charge in [-0.15, -0.1) is 13.2 Å². The number of aromatic nitrogens is 1. The number of amides is 1. The third kappa shape index (κ3) is 4.80. The molecular weight excluding hydrogens is 507 g/mol. The molecular formula is C21H20F3N5O6S. The van der Waals surface area contributed by atoms with Gasteiger partial charge in [0.25, 0.3) is 5.91 Å². The van der Waals surface area contributed by atoms with E-state index in [-0.39, 0.29) is 17.3 Å². The highest BCUT2D eigenvalue weighted by Gasteiger charge is 2.52. The minimum absolute atomic E-state index is 0.0118. The second kappa shape index (κ2) is 9.33. The maximum absolute atomic E-state index is 12.6. The number of nitrogens with one attached hydrogen (secondary N) is 2. The van der Waals surface area contributed by atoms with Gasteiger partial charge in [0.1, 0.15) is 5.75 Å². The van der Waals surface area contributed by atoms with Gasteiger partial charge in [0.2, 0.25) is 5.79 Å². The van der Waals surface area contributed by atoms with E-state index in [1.807, 2.05) is 0 Å². The molecule has 0 fully saturated rings. The number of carboxylic acids is 1. The predicted molar refractivity (Wildman–Crippen MR) is 124 cm³/mol. The molecule has 1 aromatic heterocycles. The summed E-state index contributed by atoms with van der Waals surface area (Å²) < 4.78 is 47.7. The summed E-state index contributed by atoms with van der Waals surface area (Å²) in [5.41, 5.74) is 6.81. The van der Waals surface area contributed by atoms with Crippen molar-refractivity contribution in [1.82, 2.24) is 4.98 Å². The van der Waals surface area contributed by atoms with Crippen LogP contribution in [-0.2, 0) is 9.53 Å². The van der Waals surface area contributed by atoms with Crippen molar-refractivity contribution in [3.63, 3.8) is 0 Å². The van der Waals surface area contributed by atoms with E-state index in [9.17, 15) is 33.0 Å². The van der Waals surface area contributed by atoms with E-state index >= 15 is 0 Å². The normalized spacial score (nSPS) is 18.0. The molecule has 11 nitrogen and oxygen atoms in total. The SMILES string of the molecule is CN1c2cc(C(=O)O)ccc2NC1(Nc1nc2ccc(OC(F)(F)F)cc2s1)C(OCCO)C(N)=O. The Labute approximate surface area is 205 Å². The highest BCUT2D eigenvalue weighted by atomic mass is 32.1. The molecule has 6 N–H and O–H groups in total. The van der Waals surface area contributed by atoms with Gasteiger partial charge in [-0.3, -0.25) is 4.79 Å². The summed E-state index contributed by atoms with van der Waals surface area (Å²) in [6.45, 7) is -0.663. The largest absolute Gasteiger partial charge is 0.573 e. The lowest BCUT2D eigenvalue weighted by atomic mass is 10.1. The van der Waals surface area contributed by atoms with Gasteiger partial charge in [0, 0.05) is 13.1 Å². The number of rotatable bonds is 9. The molecule has 2 unspecified atom stereocenters. The number of nitrogens with zero attached hydrogens (tertiary/aromatic N) is 2. The van der Waals surface area contributed by atoms with Crippen LogP contribution < -0.4 is 26.0 Å². The Morgan fingerprint density at radius 1 is 1.31 bits per heavy atom. The zero-order chi connectivity index (χ0) is 26.3. The fourth-order valence-electron chi connectivity index (χ4n) is 3.85. The van der Waals surface area contributed by atoms with Gasteiger partial charge in [-0.25, -0.2) is 9.78 Å². The second-order valence-electron chi connectivity index (χ2n) is 7.69. The minimum atomic E-state index is -4.86. The molecule has 0 radical (unpaired) electrons. The second-order valence-corrected chi connectivity index (χ2v) is 8.72. The van der Waals surface area contributed by atoms with Gasteiger partial charge < -0.3 is 41.0 Å². The van der Waals surface area contributed by atoms with Crippen LogP contribution in [0.4, 0.5) is 29.7 Å². The van der Waals surface area contributed by atoms with Gasteiger partial charge in [-0.05, 0) is 30.3 Å². The summed E-state index contributed by atoms with van der Waals surface area (Å²) in [6, 6.07) is 7.89. The molecule has 2 heterocycles. The van der Waals surface area contributed by atoms with Crippen molar-refractivity contribution in [2.75, 3.05) is 35.8 Å². The Morgan fingerprint density at radius 2 is 2.06 bits per heavy atom. The lowest BCUT2D eigenvalue weighted by molar-refractivity contribution is -0.274. The first kappa shape index (κ1) is 25.3. The van der Waals surface area contributed by atoms with Crippen LogP contribution in [0.1, 0.15) is 10.4 Å². The first-order chi connectivity index (χ1) is 16.9. The molecule has 1 amide bonds. The molecule has 2 atom stereocenters. The minimum Gasteiger partial charge on any atom is -0.478 e. The fraction of sp³-hybridized carbons (Fsp3) is 0.286. The van der Waals surface area contributed by atoms with E-state index in [1.54, 1.807) is 7.05 Å². The molecule has 15 heteroatoms. The Morgan fingerprint density at radius 3 is 2.69 bits per heavy atom. The number of anilines is 3. The highest BCUT2D eigenvalue weighted by molar-refractivity contribution is 7.22. The Bertz CT molecular complexity index is 1320. The molecule has 0 saturated carbocycles. The molecule has 1 aliphatic heterocycles. The van der Waals surface area contributed by atoms with Crippen molar-refractivity contribution in [3.8, 4) is 5.75 Å². The quantitative estimate of drug-likeness (QED) is 0.280. The molecule has 4 rings (SSSR count). The van der Waals surface area contributed by atoms with Crippen molar-refractivity contribution in [1.29, 1.82) is 0 Å². The Balaban J connectivity index is 1.76. The number of likely N-dealkylation sites (N-methyl/N-ethyl adjacent to an activating group) is 1. The number of aliphatic hydroxyl groups excluding tert-OH is 1. The molecule has 2 aromatic carbocycles. The molecule has 36 heavy (non-hydrogen) atoms. The van der Waals surface area contributed by atoms with E-state index in [0.29, 0.717) is 21.6 Å². The Kier molecular flexibility index (Phi) is 6.55. The number of aliphatic hydroxyl groups is 1. The smallest absolute Gasteiger partial charge is 0.478 e. The average Bonchev–Trinajstić information content (AvgIpc) is 3.30. The number of halogens is 3. The van der Waals surface area contributed by atoms with E-state index in [1.165, 1.54) is 35.2 Å². The molecule has 1 aliphatic rings. The molecule has 0 spiro atoms. The number of carbonyl (C=O) groups is 2. The summed E-state index contributed by atoms with van der Waals surface area (Å²) in [4.78, 5) is 29.9. The number of alkyl halides is 3. The van der Waals surface area contributed by atoms with E-state index in [2.05, 4.69) is 20.4 Å². The number of ether oxygens (including phenoxy) is 2. The van der Waals surface area contributed by atoms with E-state index in [0.717, 1.165) is 17.4 Å². The van der Waals surface area contributed by atoms with Gasteiger partial charge in [0.05, 0.1) is 40.4 Å². The van der Waals surface area contributed by atoms with Crippen molar-refractivity contribution in [2.24, 2.45) is 5.73 Å². The summed E-state index contributed by atoms with van der Waals surface area (Å²) in [6.07, 6.45) is -6.30. The van der Waals surface area contributed by atoms with Crippen LogP contribution in [0.5, 0.6) is 5.75 Å². The lowest BCUT2D eigenvalue weighted by Crippen LogP contribution is -2.67. The standard InChI is InChI=1S/C21H20F3N5O6S/c1-29-14-8-10(18(32)33)2-4-12(14)27-20(29,16(17(25)31)34-7-6-30)28-19-26-13-5-3-11(9-15(13)36-19)35-21(22,23)24/h2-5,8-9,16,27,30H,6-7H2,1H3,(H2,25,31)(H,26,28)(H,32,33). The predicted octanol–water partition coefficient (Wildman–Crippen LogP) is 2.38. The zero-order valence-electron chi connectivity index (χ0n) is 18.5. The maximum Gasteiger partial charge on any atom is 0.573 e. The molecule has 0 saturated heterocycles. The number of benzene rings is 2. The number of nitrogens with two attached hydrogens (primary N) is 1. The number of primary amides is 1. The summed E-state index contributed by atoms with van der Waals surface area (Å²) in [5, 5.41) is 25.0. The van der Waals surface area contributed by atoms with Crippen LogP contribution >= 0.6 is 11.3 Å². The van der Waals surface area contributed by atoms with E-state index < -0.39 is 42.5 Å². The molecule has 0 aliphatic carbocycles. The number of carboxylic acid groups (broad SMARTS) is 1. The van der Waals surface area contributed by atoms with Crippen LogP contribution in [0, 0.1) is 0 Å². The number of fused-ring (bicyclic) bond motifs is 2. The monoisotopic (exact) mass is 527 g/mol. The Hall–Kier alpha value is -3.82. The first-order valence-corrected chi connectivity index (χ1v) is 11.1. The van der Waals surface area contributed by atoms with Crippen LogP contribution in [0.15, 0.2) is 36.4 Å². The van der Waals surface area contributed by atoms with Crippen LogP contribution in [0.25, 0.3) is 10.2 Å². The number of hydrogen-bond donors (Lipinski definition) is 5. The van der Waals surface area contributed by atoms with Crippen LogP contribution in [-0.4, -0.2) is 65.6 Å². The highest BCUT2D eigenvalue weighted by Crippen LogP contribution is 2.43. The summed E-state index contributed by atoms with van der Waals surface area (Å²) >= 11 is 0.977. The molecule has 192 valence electrons. The lowest BCUT2D eigenvalue weighted by Gasteiger charge is -2.42. The number of aromatic carboxylic acids is 1. The van der Waals surface area contributed by atoms with Gasteiger partial charge >= 0.3 is 12.3 Å². The molecule has 0 bridgehead atoms. The van der Waals surface area contributed by atoms with Crippen molar-refractivity contribution in [2.45, 2.75) is 18.3 Å².